The molecule has 1 saturated heterocycles. The number of hydrogen-bond acceptors (Lipinski definition) is 6. The van der Waals surface area contributed by atoms with Gasteiger partial charge in [0.1, 0.15) is 11.5 Å². The van der Waals surface area contributed by atoms with Crippen LogP contribution in [0.25, 0.3) is 0 Å². The van der Waals surface area contributed by atoms with Gasteiger partial charge in [-0.1, -0.05) is 0 Å². The smallest absolute Gasteiger partial charge is 0.433 e. The molecular weight excluding hydrogens is 411 g/mol. The second-order valence-electron chi connectivity index (χ2n) is 7.11. The molecule has 3 rings (SSSR count). The summed E-state index contributed by atoms with van der Waals surface area (Å²) in [5.41, 5.74) is -0.973. The Bertz CT molecular complexity index is 820. The van der Waals surface area contributed by atoms with Gasteiger partial charge in [-0.25, -0.2) is 9.97 Å². The first-order valence-electron chi connectivity index (χ1n) is 10.4. The van der Waals surface area contributed by atoms with Gasteiger partial charge in [0, 0.05) is 25.8 Å². The Balaban J connectivity index is 1.53. The summed E-state index contributed by atoms with van der Waals surface area (Å²) in [5, 5.41) is 9.16. The van der Waals surface area contributed by atoms with Crippen LogP contribution >= 0.6 is 0 Å². The zero-order chi connectivity index (χ0) is 22.1. The van der Waals surface area contributed by atoms with Crippen LogP contribution in [0.1, 0.15) is 37.3 Å². The van der Waals surface area contributed by atoms with Crippen LogP contribution in [0.2, 0.25) is 0 Å². The van der Waals surface area contributed by atoms with Crippen molar-refractivity contribution in [2.45, 2.75) is 32.0 Å². The Labute approximate surface area is 179 Å². The van der Waals surface area contributed by atoms with Crippen molar-refractivity contribution in [1.29, 1.82) is 0 Å². The molecule has 2 aromatic rings. The van der Waals surface area contributed by atoms with Crippen LogP contribution in [-0.2, 0) is 6.18 Å². The zero-order valence-corrected chi connectivity index (χ0v) is 17.5. The third kappa shape index (κ3) is 6.84. The van der Waals surface area contributed by atoms with Crippen LogP contribution in [0.3, 0.4) is 0 Å². The molecule has 8 nitrogen and oxygen atoms in total. The highest BCUT2D eigenvalue weighted by molar-refractivity contribution is 5.79. The van der Waals surface area contributed by atoms with Gasteiger partial charge in [-0.05, 0) is 51.1 Å². The molecule has 170 valence electrons. The third-order valence-corrected chi connectivity index (χ3v) is 4.87. The first kappa shape index (κ1) is 22.9. The Morgan fingerprint density at radius 3 is 2.71 bits per heavy atom. The fourth-order valence-corrected chi connectivity index (χ4v) is 3.40. The SMILES string of the molecule is CCNC(=NCC(c1ccco1)N1CCCC1)NCCNc1nccc(C(F)(F)F)n1. The fourth-order valence-electron chi connectivity index (χ4n) is 3.40. The minimum absolute atomic E-state index is 0.0644. The highest BCUT2D eigenvalue weighted by Crippen LogP contribution is 2.27. The summed E-state index contributed by atoms with van der Waals surface area (Å²) in [6.07, 6.45) is 0.602. The van der Waals surface area contributed by atoms with E-state index in [0.717, 1.165) is 31.1 Å². The summed E-state index contributed by atoms with van der Waals surface area (Å²) < 4.78 is 43.9. The van der Waals surface area contributed by atoms with E-state index in [1.807, 2.05) is 19.1 Å². The number of aromatic nitrogens is 2. The Morgan fingerprint density at radius 2 is 2.03 bits per heavy atom. The molecule has 0 radical (unpaired) electrons. The van der Waals surface area contributed by atoms with E-state index >= 15 is 0 Å². The van der Waals surface area contributed by atoms with Gasteiger partial charge >= 0.3 is 6.18 Å². The van der Waals surface area contributed by atoms with E-state index in [1.54, 1.807) is 6.26 Å². The maximum absolute atomic E-state index is 12.7. The van der Waals surface area contributed by atoms with Gasteiger partial charge in [0.25, 0.3) is 0 Å². The minimum Gasteiger partial charge on any atom is -0.468 e. The molecule has 0 aliphatic carbocycles. The van der Waals surface area contributed by atoms with Gasteiger partial charge in [0.15, 0.2) is 5.96 Å². The van der Waals surface area contributed by atoms with E-state index in [4.69, 9.17) is 9.41 Å². The molecule has 1 fully saturated rings. The number of alkyl halides is 3. The molecule has 1 atom stereocenters. The van der Waals surface area contributed by atoms with Crippen molar-refractivity contribution in [3.8, 4) is 0 Å². The topological polar surface area (TPSA) is 90.6 Å². The number of rotatable bonds is 9. The lowest BCUT2D eigenvalue weighted by atomic mass is 10.2. The van der Waals surface area contributed by atoms with Gasteiger partial charge in [-0.3, -0.25) is 9.89 Å². The standard InChI is InChI=1S/C20H28F3N7O/c1-2-24-18(26-9-10-27-19-25-8-7-17(29-19)20(21,22)23)28-14-15(16-6-5-13-31-16)30-11-3-4-12-30/h5-8,13,15H,2-4,9-12,14H2,1H3,(H2,24,26,28)(H,25,27,29). The number of nitrogens with zero attached hydrogens (tertiary/aromatic N) is 4. The number of guanidine groups is 1. The van der Waals surface area contributed by atoms with Crippen molar-refractivity contribution >= 4 is 11.9 Å². The van der Waals surface area contributed by atoms with Crippen LogP contribution in [0.5, 0.6) is 0 Å². The molecule has 1 aliphatic rings. The first-order valence-corrected chi connectivity index (χ1v) is 10.4. The summed E-state index contributed by atoms with van der Waals surface area (Å²) in [4.78, 5) is 14.4. The molecule has 2 aromatic heterocycles. The third-order valence-electron chi connectivity index (χ3n) is 4.87. The van der Waals surface area contributed by atoms with Crippen LogP contribution in [0.4, 0.5) is 19.1 Å². The van der Waals surface area contributed by atoms with Crippen LogP contribution in [-0.4, -0.2) is 60.1 Å². The Morgan fingerprint density at radius 1 is 1.23 bits per heavy atom. The molecule has 0 spiro atoms. The highest BCUT2D eigenvalue weighted by Gasteiger charge is 2.32. The Hall–Kier alpha value is -2.82. The summed E-state index contributed by atoms with van der Waals surface area (Å²) in [6.45, 7) is 5.99. The quantitative estimate of drug-likeness (QED) is 0.314. The van der Waals surface area contributed by atoms with Crippen molar-refractivity contribution in [1.82, 2.24) is 25.5 Å². The van der Waals surface area contributed by atoms with Crippen molar-refractivity contribution in [2.24, 2.45) is 4.99 Å². The average molecular weight is 439 g/mol. The first-order chi connectivity index (χ1) is 15.0. The van der Waals surface area contributed by atoms with Gasteiger partial charge < -0.3 is 20.4 Å². The van der Waals surface area contributed by atoms with E-state index < -0.39 is 11.9 Å². The number of hydrogen-bond donors (Lipinski definition) is 3. The second-order valence-corrected chi connectivity index (χ2v) is 7.11. The van der Waals surface area contributed by atoms with Crippen molar-refractivity contribution in [3.63, 3.8) is 0 Å². The fraction of sp³-hybridized carbons (Fsp3) is 0.550. The predicted molar refractivity (Wildman–Crippen MR) is 112 cm³/mol. The summed E-state index contributed by atoms with van der Waals surface area (Å²) >= 11 is 0. The van der Waals surface area contributed by atoms with E-state index in [9.17, 15) is 13.2 Å². The summed E-state index contributed by atoms with van der Waals surface area (Å²) in [5.74, 6) is 1.46. The lowest BCUT2D eigenvalue weighted by molar-refractivity contribution is -0.141. The van der Waals surface area contributed by atoms with Crippen molar-refractivity contribution in [3.05, 3.63) is 42.1 Å². The number of likely N-dealkylation sites (tertiary alicyclic amines) is 1. The molecular formula is C20H28F3N7O. The molecule has 0 bridgehead atoms. The normalized spacial score (nSPS) is 16.3. The van der Waals surface area contributed by atoms with Gasteiger partial charge in [0.2, 0.25) is 5.95 Å². The average Bonchev–Trinajstić information content (AvgIpc) is 3.46. The second kappa shape index (κ2) is 11.0. The van der Waals surface area contributed by atoms with Crippen LogP contribution in [0.15, 0.2) is 40.1 Å². The van der Waals surface area contributed by atoms with Crippen molar-refractivity contribution < 1.29 is 17.6 Å². The molecule has 0 amide bonds. The number of aliphatic imine (C=N–C) groups is 1. The molecule has 0 aromatic carbocycles. The van der Waals surface area contributed by atoms with Crippen LogP contribution < -0.4 is 16.0 Å². The molecule has 11 heteroatoms. The van der Waals surface area contributed by atoms with Gasteiger partial charge in [-0.15, -0.1) is 0 Å². The molecule has 1 unspecified atom stereocenters. The maximum Gasteiger partial charge on any atom is 0.433 e. The van der Waals surface area contributed by atoms with Gasteiger partial charge in [-0.2, -0.15) is 13.2 Å². The zero-order valence-electron chi connectivity index (χ0n) is 17.5. The maximum atomic E-state index is 12.7. The summed E-state index contributed by atoms with van der Waals surface area (Å²) in [6, 6.07) is 4.77. The number of anilines is 1. The van der Waals surface area contributed by atoms with Gasteiger partial charge in [0.05, 0.1) is 18.8 Å². The van der Waals surface area contributed by atoms with E-state index in [0.29, 0.717) is 32.1 Å². The largest absolute Gasteiger partial charge is 0.468 e. The lowest BCUT2D eigenvalue weighted by Crippen LogP contribution is -2.40. The predicted octanol–water partition coefficient (Wildman–Crippen LogP) is 2.89. The lowest BCUT2D eigenvalue weighted by Gasteiger charge is -2.24. The van der Waals surface area contributed by atoms with E-state index in [2.05, 4.69) is 30.8 Å². The Kier molecular flexibility index (Phi) is 8.10. The van der Waals surface area contributed by atoms with E-state index in [-0.39, 0.29) is 12.0 Å². The molecule has 31 heavy (non-hydrogen) atoms. The van der Waals surface area contributed by atoms with Crippen molar-refractivity contribution in [2.75, 3.05) is 44.6 Å². The molecule has 0 saturated carbocycles. The van der Waals surface area contributed by atoms with E-state index in [1.165, 1.54) is 12.8 Å². The molecule has 3 heterocycles. The molecule has 3 N–H and O–H groups in total. The highest BCUT2D eigenvalue weighted by atomic mass is 19.4. The monoisotopic (exact) mass is 439 g/mol. The number of nitrogens with one attached hydrogen (secondary N) is 3. The number of halogens is 3. The van der Waals surface area contributed by atoms with Crippen LogP contribution in [0, 0.1) is 0 Å². The molecule has 1 aliphatic heterocycles. The minimum atomic E-state index is -4.50. The number of furan rings is 1. The summed E-state index contributed by atoms with van der Waals surface area (Å²) in [7, 11) is 0.